The van der Waals surface area contributed by atoms with Crippen molar-refractivity contribution in [1.29, 1.82) is 0 Å². The van der Waals surface area contributed by atoms with Gasteiger partial charge in [0, 0.05) is 0 Å². The van der Waals surface area contributed by atoms with Gasteiger partial charge in [0.05, 0.1) is 16.3 Å². The highest BCUT2D eigenvalue weighted by atomic mass is 32.1. The third kappa shape index (κ3) is 2.75. The van der Waals surface area contributed by atoms with Crippen LogP contribution < -0.4 is 10.9 Å². The van der Waals surface area contributed by atoms with Gasteiger partial charge in [-0.3, -0.25) is 14.0 Å². The Morgan fingerprint density at radius 3 is 3.07 bits per heavy atom. The van der Waals surface area contributed by atoms with E-state index in [-0.39, 0.29) is 24.1 Å². The molecule has 1 aliphatic rings. The number of hydrogen-bond acceptors (Lipinski definition) is 4. The molecule has 4 aromatic rings. The summed E-state index contributed by atoms with van der Waals surface area (Å²) in [5.41, 5.74) is 3.73. The second-order valence-corrected chi connectivity index (χ2v) is 7.82. The lowest BCUT2D eigenvalue weighted by Gasteiger charge is -2.26. The summed E-state index contributed by atoms with van der Waals surface area (Å²) in [6, 6.07) is 12.0. The number of fused-ring (bicyclic) bond motifs is 4. The number of carbonyl (C=O) groups excluding carboxylic acids is 1. The highest BCUT2D eigenvalue weighted by molar-refractivity contribution is 7.17. The van der Waals surface area contributed by atoms with Crippen LogP contribution in [0.1, 0.15) is 30.0 Å². The Labute approximate surface area is 159 Å². The quantitative estimate of drug-likeness (QED) is 0.596. The largest absolute Gasteiger partial charge is 0.348 e. The van der Waals surface area contributed by atoms with E-state index in [9.17, 15) is 9.59 Å². The van der Waals surface area contributed by atoms with Crippen molar-refractivity contribution in [3.05, 3.63) is 69.6 Å². The molecule has 0 aliphatic heterocycles. The fourth-order valence-corrected chi connectivity index (χ4v) is 4.74. The summed E-state index contributed by atoms with van der Waals surface area (Å²) in [6.07, 6.45) is 4.62. The van der Waals surface area contributed by atoms with Gasteiger partial charge in [-0.15, -0.1) is 11.3 Å². The first-order valence-electron chi connectivity index (χ1n) is 9.02. The lowest BCUT2D eigenvalue weighted by molar-refractivity contribution is -0.122. The summed E-state index contributed by atoms with van der Waals surface area (Å²) in [5.74, 6) is -0.191. The first kappa shape index (κ1) is 16.3. The molecule has 7 heteroatoms. The SMILES string of the molecule is O=C(Cn1ncn2c(cc3sccc32)c1=O)NC1CCCc2ccccc21. The average molecular weight is 378 g/mol. The standard InChI is InChI=1S/C20H18N4O2S/c25-19(22-15-7-3-5-13-4-1-2-6-14(13)15)11-24-20(26)17-10-18-16(8-9-27-18)23(17)12-21-24/h1-2,4,6,8-10,12,15H,3,5,7,11H2,(H,22,25). The minimum atomic E-state index is -0.250. The zero-order valence-electron chi connectivity index (χ0n) is 14.6. The van der Waals surface area contributed by atoms with Gasteiger partial charge in [-0.2, -0.15) is 5.10 Å². The number of nitrogens with zero attached hydrogens (tertiary/aromatic N) is 3. The third-order valence-electron chi connectivity index (χ3n) is 5.22. The Kier molecular flexibility index (Phi) is 3.82. The van der Waals surface area contributed by atoms with E-state index in [2.05, 4.69) is 22.5 Å². The van der Waals surface area contributed by atoms with Crippen LogP contribution in [0.25, 0.3) is 15.7 Å². The van der Waals surface area contributed by atoms with Crippen LogP contribution in [-0.2, 0) is 17.8 Å². The molecule has 0 saturated heterocycles. The average Bonchev–Trinajstić information content (AvgIpc) is 3.26. The van der Waals surface area contributed by atoms with Gasteiger partial charge in [0.1, 0.15) is 18.4 Å². The lowest BCUT2D eigenvalue weighted by Crippen LogP contribution is -2.37. The van der Waals surface area contributed by atoms with Gasteiger partial charge in [0.2, 0.25) is 5.91 Å². The van der Waals surface area contributed by atoms with Crippen molar-refractivity contribution in [2.24, 2.45) is 0 Å². The fourth-order valence-electron chi connectivity index (χ4n) is 3.93. The summed E-state index contributed by atoms with van der Waals surface area (Å²) in [5, 5.41) is 9.26. The predicted octanol–water partition coefficient (Wildman–Crippen LogP) is 2.90. The van der Waals surface area contributed by atoms with Crippen LogP contribution >= 0.6 is 11.3 Å². The normalized spacial score (nSPS) is 16.5. The first-order valence-corrected chi connectivity index (χ1v) is 9.90. The Hall–Kier alpha value is -2.93. The number of rotatable bonds is 3. The van der Waals surface area contributed by atoms with E-state index >= 15 is 0 Å². The van der Waals surface area contributed by atoms with Gasteiger partial charge in [0.25, 0.3) is 5.56 Å². The van der Waals surface area contributed by atoms with Crippen LogP contribution in [0.4, 0.5) is 0 Å². The molecule has 1 aromatic carbocycles. The lowest BCUT2D eigenvalue weighted by atomic mass is 9.88. The molecule has 6 nitrogen and oxygen atoms in total. The van der Waals surface area contributed by atoms with Crippen LogP contribution in [0.5, 0.6) is 0 Å². The minimum Gasteiger partial charge on any atom is -0.348 e. The van der Waals surface area contributed by atoms with Gasteiger partial charge in [-0.1, -0.05) is 24.3 Å². The number of aromatic nitrogens is 3. The van der Waals surface area contributed by atoms with Crippen LogP contribution in [0, 0.1) is 0 Å². The van der Waals surface area contributed by atoms with Gasteiger partial charge >= 0.3 is 0 Å². The number of carbonyl (C=O) groups is 1. The zero-order chi connectivity index (χ0) is 18.4. The van der Waals surface area contributed by atoms with Crippen molar-refractivity contribution in [3.63, 3.8) is 0 Å². The smallest absolute Gasteiger partial charge is 0.291 e. The second-order valence-electron chi connectivity index (χ2n) is 6.87. The number of aryl methyl sites for hydroxylation is 1. The Balaban J connectivity index is 1.40. The molecule has 136 valence electrons. The molecular weight excluding hydrogens is 360 g/mol. The van der Waals surface area contributed by atoms with E-state index in [1.165, 1.54) is 15.8 Å². The molecule has 5 rings (SSSR count). The first-order chi connectivity index (χ1) is 13.2. The number of amides is 1. The van der Waals surface area contributed by atoms with Gasteiger partial charge < -0.3 is 5.32 Å². The molecule has 0 fully saturated rings. The summed E-state index contributed by atoms with van der Waals surface area (Å²) in [6.45, 7) is -0.0766. The number of nitrogens with one attached hydrogen (secondary N) is 1. The molecule has 1 N–H and O–H groups in total. The topological polar surface area (TPSA) is 68.4 Å². The van der Waals surface area contributed by atoms with Crippen LogP contribution in [0.15, 0.2) is 52.9 Å². The molecule has 1 unspecified atom stereocenters. The maximum absolute atomic E-state index is 12.7. The molecule has 0 radical (unpaired) electrons. The van der Waals surface area contributed by atoms with Gasteiger partial charge in [-0.05, 0) is 47.9 Å². The van der Waals surface area contributed by atoms with Gasteiger partial charge in [0.15, 0.2) is 0 Å². The molecule has 1 atom stereocenters. The molecule has 27 heavy (non-hydrogen) atoms. The molecule has 0 bridgehead atoms. The van der Waals surface area contributed by atoms with E-state index in [4.69, 9.17) is 0 Å². The van der Waals surface area contributed by atoms with Crippen LogP contribution in [0.3, 0.4) is 0 Å². The highest BCUT2D eigenvalue weighted by Crippen LogP contribution is 2.29. The van der Waals surface area contributed by atoms with Crippen LogP contribution in [0.2, 0.25) is 0 Å². The number of thiophene rings is 1. The summed E-state index contributed by atoms with van der Waals surface area (Å²) >= 11 is 1.58. The van der Waals surface area contributed by atoms with Crippen molar-refractivity contribution < 1.29 is 4.79 Å². The second kappa shape index (κ2) is 6.35. The predicted molar refractivity (Wildman–Crippen MR) is 105 cm³/mol. The summed E-state index contributed by atoms with van der Waals surface area (Å²) in [4.78, 5) is 25.3. The maximum atomic E-state index is 12.7. The Bertz CT molecular complexity index is 1220. The van der Waals surface area contributed by atoms with E-state index in [0.717, 1.165) is 29.5 Å². The maximum Gasteiger partial charge on any atom is 0.291 e. The Morgan fingerprint density at radius 2 is 2.15 bits per heavy atom. The van der Waals surface area contributed by atoms with E-state index in [1.54, 1.807) is 22.1 Å². The van der Waals surface area contributed by atoms with Crippen molar-refractivity contribution in [2.45, 2.75) is 31.8 Å². The van der Waals surface area contributed by atoms with E-state index in [0.29, 0.717) is 5.52 Å². The molecule has 1 amide bonds. The molecule has 3 aromatic heterocycles. The zero-order valence-corrected chi connectivity index (χ0v) is 15.4. The van der Waals surface area contributed by atoms with Crippen molar-refractivity contribution in [3.8, 4) is 0 Å². The third-order valence-corrected chi connectivity index (χ3v) is 6.07. The molecule has 0 spiro atoms. The molecular formula is C20H18N4O2S. The van der Waals surface area contributed by atoms with Gasteiger partial charge in [-0.25, -0.2) is 4.68 Å². The molecule has 0 saturated carbocycles. The van der Waals surface area contributed by atoms with Crippen molar-refractivity contribution >= 4 is 33.0 Å². The molecule has 1 aliphatic carbocycles. The number of benzene rings is 1. The van der Waals surface area contributed by atoms with E-state index < -0.39 is 0 Å². The monoisotopic (exact) mass is 378 g/mol. The highest BCUT2D eigenvalue weighted by Gasteiger charge is 2.22. The Morgan fingerprint density at radius 1 is 1.26 bits per heavy atom. The summed E-state index contributed by atoms with van der Waals surface area (Å²) in [7, 11) is 0. The van der Waals surface area contributed by atoms with Crippen molar-refractivity contribution in [1.82, 2.24) is 19.5 Å². The van der Waals surface area contributed by atoms with Crippen molar-refractivity contribution in [2.75, 3.05) is 0 Å². The van der Waals surface area contributed by atoms with Crippen LogP contribution in [-0.4, -0.2) is 20.1 Å². The van der Waals surface area contributed by atoms with E-state index in [1.807, 2.05) is 29.6 Å². The molecule has 3 heterocycles. The summed E-state index contributed by atoms with van der Waals surface area (Å²) < 4.78 is 4.05. The number of hydrogen-bond donors (Lipinski definition) is 1. The minimum absolute atomic E-state index is 0.000483. The fraction of sp³-hybridized carbons (Fsp3) is 0.250.